The minimum atomic E-state index is 1.02. The van der Waals surface area contributed by atoms with Crippen LogP contribution in [0.15, 0.2) is 109 Å². The molecule has 9 aromatic rings. The van der Waals surface area contributed by atoms with Gasteiger partial charge in [0.1, 0.15) is 0 Å². The number of hydrogen-bond donors (Lipinski definition) is 0. The van der Waals surface area contributed by atoms with Crippen molar-refractivity contribution in [3.05, 3.63) is 109 Å². The first-order valence-corrected chi connectivity index (χ1v) is 14.0. The lowest BCUT2D eigenvalue weighted by Crippen LogP contribution is -1.92. The lowest BCUT2D eigenvalue weighted by atomic mass is 10.00. The van der Waals surface area contributed by atoms with Crippen molar-refractivity contribution in [2.75, 3.05) is 0 Å². The molecule has 0 aliphatic rings. The van der Waals surface area contributed by atoms with Crippen molar-refractivity contribution in [3.63, 3.8) is 0 Å². The molecule has 0 saturated carbocycles. The van der Waals surface area contributed by atoms with E-state index in [0.29, 0.717) is 0 Å². The van der Waals surface area contributed by atoms with Crippen LogP contribution in [0.5, 0.6) is 0 Å². The van der Waals surface area contributed by atoms with Gasteiger partial charge < -0.3 is 0 Å². The van der Waals surface area contributed by atoms with Crippen molar-refractivity contribution in [1.82, 2.24) is 9.55 Å². The van der Waals surface area contributed by atoms with Gasteiger partial charge in [0.25, 0.3) is 0 Å². The van der Waals surface area contributed by atoms with Crippen LogP contribution in [0.4, 0.5) is 0 Å². The largest absolute Gasteiger partial charge is 0.285 e. The lowest BCUT2D eigenvalue weighted by molar-refractivity contribution is 1.15. The van der Waals surface area contributed by atoms with Crippen LogP contribution in [-0.4, -0.2) is 9.55 Å². The SMILES string of the molecule is c1ccc2c(c1)ccc1c2c2c3ccccc3ccc2n1-c1nc2ccc3sc4ccccc4c3c2s1. The average Bonchev–Trinajstić information content (AvgIpc) is 3.63. The summed E-state index contributed by atoms with van der Waals surface area (Å²) in [6, 6.07) is 39.6. The van der Waals surface area contributed by atoms with Gasteiger partial charge in [-0.15, -0.1) is 11.3 Å². The molecule has 172 valence electrons. The minimum absolute atomic E-state index is 1.02. The quantitative estimate of drug-likeness (QED) is 0.217. The molecule has 0 fully saturated rings. The summed E-state index contributed by atoms with van der Waals surface area (Å²) < 4.78 is 6.30. The standard InChI is InChI=1S/C33H18N2S2/c1-3-9-21-19(7-1)13-16-25-29(21)30-22-10-4-2-8-20(22)14-17-26(30)35(25)33-34-24-15-18-28-31(32(24)37-33)23-11-5-6-12-27(23)36-28/h1-18H. The first kappa shape index (κ1) is 19.9. The van der Waals surface area contributed by atoms with E-state index in [1.54, 1.807) is 11.3 Å². The summed E-state index contributed by atoms with van der Waals surface area (Å²) in [6.07, 6.45) is 0. The van der Waals surface area contributed by atoms with Gasteiger partial charge in [0.2, 0.25) is 0 Å². The van der Waals surface area contributed by atoms with Crippen LogP contribution in [0.3, 0.4) is 0 Å². The molecular weight excluding hydrogens is 489 g/mol. The van der Waals surface area contributed by atoms with Gasteiger partial charge in [0, 0.05) is 30.9 Å². The van der Waals surface area contributed by atoms with Crippen molar-refractivity contribution < 1.29 is 0 Å². The fraction of sp³-hybridized carbons (Fsp3) is 0. The fourth-order valence-electron chi connectivity index (χ4n) is 6.03. The number of fused-ring (bicyclic) bond motifs is 12. The highest BCUT2D eigenvalue weighted by Crippen LogP contribution is 2.44. The molecule has 3 heterocycles. The van der Waals surface area contributed by atoms with E-state index in [4.69, 9.17) is 4.98 Å². The molecule has 9 rings (SSSR count). The Morgan fingerprint density at radius 2 is 1.11 bits per heavy atom. The smallest absolute Gasteiger partial charge is 0.195 e. The lowest BCUT2D eigenvalue weighted by Gasteiger charge is -2.04. The van der Waals surface area contributed by atoms with E-state index in [0.717, 1.165) is 10.6 Å². The van der Waals surface area contributed by atoms with Gasteiger partial charge in [-0.3, -0.25) is 4.57 Å². The number of rotatable bonds is 1. The number of thiazole rings is 1. The van der Waals surface area contributed by atoms with Crippen LogP contribution in [0, 0.1) is 0 Å². The van der Waals surface area contributed by atoms with Crippen LogP contribution in [0.25, 0.3) is 78.9 Å². The Balaban J connectivity index is 1.48. The van der Waals surface area contributed by atoms with Crippen molar-refractivity contribution in [3.8, 4) is 5.13 Å². The Hall–Kier alpha value is -4.25. The first-order chi connectivity index (χ1) is 18.3. The Morgan fingerprint density at radius 1 is 0.486 bits per heavy atom. The van der Waals surface area contributed by atoms with Crippen LogP contribution >= 0.6 is 22.7 Å². The topological polar surface area (TPSA) is 17.8 Å². The maximum atomic E-state index is 5.24. The van der Waals surface area contributed by atoms with Gasteiger partial charge in [-0.25, -0.2) is 4.98 Å². The molecular formula is C33H18N2S2. The van der Waals surface area contributed by atoms with Crippen molar-refractivity contribution in [2.45, 2.75) is 0 Å². The summed E-state index contributed by atoms with van der Waals surface area (Å²) >= 11 is 3.67. The van der Waals surface area contributed by atoms with E-state index >= 15 is 0 Å². The Kier molecular flexibility index (Phi) is 3.85. The van der Waals surface area contributed by atoms with E-state index in [1.165, 1.54) is 68.2 Å². The molecule has 0 radical (unpaired) electrons. The van der Waals surface area contributed by atoms with Crippen LogP contribution in [0.2, 0.25) is 0 Å². The molecule has 0 atom stereocenters. The maximum absolute atomic E-state index is 5.24. The molecule has 2 nitrogen and oxygen atoms in total. The number of thiophene rings is 1. The molecule has 37 heavy (non-hydrogen) atoms. The Labute approximate surface area is 219 Å². The van der Waals surface area contributed by atoms with E-state index in [-0.39, 0.29) is 0 Å². The van der Waals surface area contributed by atoms with E-state index in [1.807, 2.05) is 11.3 Å². The Bertz CT molecular complexity index is 2280. The summed E-state index contributed by atoms with van der Waals surface area (Å²) in [7, 11) is 0. The van der Waals surface area contributed by atoms with Crippen molar-refractivity contribution >= 4 is 96.4 Å². The van der Waals surface area contributed by atoms with E-state index < -0.39 is 0 Å². The second-order valence-corrected chi connectivity index (χ2v) is 11.6. The normalized spacial score (nSPS) is 12.3. The van der Waals surface area contributed by atoms with Crippen LogP contribution in [-0.2, 0) is 0 Å². The van der Waals surface area contributed by atoms with Crippen LogP contribution in [0.1, 0.15) is 0 Å². The van der Waals surface area contributed by atoms with Gasteiger partial charge >= 0.3 is 0 Å². The number of hydrogen-bond acceptors (Lipinski definition) is 3. The molecule has 6 aromatic carbocycles. The summed E-state index contributed by atoms with van der Waals surface area (Å²) in [5.74, 6) is 0. The number of benzene rings is 6. The third-order valence-electron chi connectivity index (χ3n) is 7.62. The van der Waals surface area contributed by atoms with Crippen molar-refractivity contribution in [2.24, 2.45) is 0 Å². The molecule has 0 amide bonds. The molecule has 0 bridgehead atoms. The molecule has 3 aromatic heterocycles. The van der Waals surface area contributed by atoms with Gasteiger partial charge in [-0.2, -0.15) is 0 Å². The highest BCUT2D eigenvalue weighted by atomic mass is 32.1. The number of aromatic nitrogens is 2. The fourth-order valence-corrected chi connectivity index (χ4v) is 8.37. The summed E-state index contributed by atoms with van der Waals surface area (Å²) in [6.45, 7) is 0. The second-order valence-electron chi connectivity index (χ2n) is 9.58. The molecule has 0 unspecified atom stereocenters. The Morgan fingerprint density at radius 3 is 1.81 bits per heavy atom. The zero-order valence-electron chi connectivity index (χ0n) is 19.6. The second kappa shape index (κ2) is 7.16. The molecule has 0 aliphatic carbocycles. The zero-order valence-corrected chi connectivity index (χ0v) is 21.2. The predicted octanol–water partition coefficient (Wildman–Crippen LogP) is 10.1. The molecule has 0 N–H and O–H groups in total. The average molecular weight is 507 g/mol. The van der Waals surface area contributed by atoms with Gasteiger partial charge in [-0.1, -0.05) is 90.2 Å². The monoisotopic (exact) mass is 506 g/mol. The zero-order chi connectivity index (χ0) is 24.1. The first-order valence-electron chi connectivity index (χ1n) is 12.4. The maximum Gasteiger partial charge on any atom is 0.195 e. The van der Waals surface area contributed by atoms with E-state index in [9.17, 15) is 0 Å². The predicted molar refractivity (Wildman–Crippen MR) is 162 cm³/mol. The molecule has 0 spiro atoms. The van der Waals surface area contributed by atoms with Gasteiger partial charge in [0.15, 0.2) is 5.13 Å². The minimum Gasteiger partial charge on any atom is -0.285 e. The summed E-state index contributed by atoms with van der Waals surface area (Å²) in [4.78, 5) is 5.24. The molecule has 4 heteroatoms. The van der Waals surface area contributed by atoms with Crippen LogP contribution < -0.4 is 0 Å². The third-order valence-corrected chi connectivity index (χ3v) is 9.83. The van der Waals surface area contributed by atoms with Gasteiger partial charge in [-0.05, 0) is 51.9 Å². The highest BCUT2D eigenvalue weighted by Gasteiger charge is 2.20. The van der Waals surface area contributed by atoms with E-state index in [2.05, 4.69) is 114 Å². The molecule has 0 saturated heterocycles. The third kappa shape index (κ3) is 2.61. The number of nitrogens with zero attached hydrogens (tertiary/aromatic N) is 2. The summed E-state index contributed by atoms with van der Waals surface area (Å²) in [5.41, 5.74) is 3.47. The van der Waals surface area contributed by atoms with Gasteiger partial charge in [0.05, 0.1) is 21.3 Å². The highest BCUT2D eigenvalue weighted by molar-refractivity contribution is 7.28. The molecule has 0 aliphatic heterocycles. The summed E-state index contributed by atoms with van der Waals surface area (Å²) in [5, 5.41) is 11.4. The van der Waals surface area contributed by atoms with Crippen molar-refractivity contribution in [1.29, 1.82) is 0 Å².